The molecular formula is C17H32GeOSi. The first-order valence-corrected chi connectivity index (χ1v) is 14.7. The van der Waals surface area contributed by atoms with E-state index in [-0.39, 0.29) is 5.60 Å². The van der Waals surface area contributed by atoms with Crippen LogP contribution in [0.15, 0.2) is 10.5 Å². The van der Waals surface area contributed by atoms with Crippen LogP contribution in [-0.4, -0.2) is 29.3 Å². The Morgan fingerprint density at radius 1 is 1.20 bits per heavy atom. The van der Waals surface area contributed by atoms with Crippen molar-refractivity contribution in [3.63, 3.8) is 0 Å². The van der Waals surface area contributed by atoms with Crippen molar-refractivity contribution in [2.24, 2.45) is 0 Å². The van der Waals surface area contributed by atoms with Crippen LogP contribution in [0.4, 0.5) is 0 Å². The van der Waals surface area contributed by atoms with E-state index in [2.05, 4.69) is 50.2 Å². The molecule has 1 aliphatic carbocycles. The van der Waals surface area contributed by atoms with E-state index in [0.717, 1.165) is 19.3 Å². The summed E-state index contributed by atoms with van der Waals surface area (Å²) in [5.41, 5.74) is -0.0843. The first kappa shape index (κ1) is 18.1. The Hall–Kier alpha value is 0.0197. The van der Waals surface area contributed by atoms with Gasteiger partial charge in [0.1, 0.15) is 0 Å². The summed E-state index contributed by atoms with van der Waals surface area (Å²) in [6.45, 7) is 11.4. The van der Waals surface area contributed by atoms with Gasteiger partial charge >= 0.3 is 133 Å². The molecule has 0 unspecified atom stereocenters. The minimum absolute atomic E-state index is 0.0843. The second-order valence-corrected chi connectivity index (χ2v) is 14.7. The van der Waals surface area contributed by atoms with E-state index in [4.69, 9.17) is 4.43 Å². The van der Waals surface area contributed by atoms with Gasteiger partial charge < -0.3 is 0 Å². The van der Waals surface area contributed by atoms with Crippen LogP contribution in [0, 0.1) is 10.7 Å². The van der Waals surface area contributed by atoms with E-state index in [1.807, 2.05) is 0 Å². The van der Waals surface area contributed by atoms with Crippen LogP contribution >= 0.6 is 0 Å². The fourth-order valence-electron chi connectivity index (χ4n) is 2.91. The Morgan fingerprint density at radius 3 is 2.35 bits per heavy atom. The van der Waals surface area contributed by atoms with Crippen molar-refractivity contribution in [3.05, 3.63) is 10.5 Å². The summed E-state index contributed by atoms with van der Waals surface area (Å²) in [6.07, 6.45) is 11.0. The zero-order valence-corrected chi connectivity index (χ0v) is 18.1. The van der Waals surface area contributed by atoms with Crippen LogP contribution < -0.4 is 0 Å². The molecule has 0 spiro atoms. The molecule has 0 heterocycles. The summed E-state index contributed by atoms with van der Waals surface area (Å²) in [7, 11) is -1.51. The molecule has 20 heavy (non-hydrogen) atoms. The van der Waals surface area contributed by atoms with E-state index >= 15 is 0 Å². The van der Waals surface area contributed by atoms with Crippen LogP contribution in [-0.2, 0) is 4.43 Å². The molecule has 1 aliphatic rings. The zero-order chi connectivity index (χ0) is 15.1. The van der Waals surface area contributed by atoms with Crippen molar-refractivity contribution >= 4 is 23.7 Å². The molecule has 3 heteroatoms. The van der Waals surface area contributed by atoms with Gasteiger partial charge in [-0.3, -0.25) is 0 Å². The third kappa shape index (κ3) is 6.65. The molecule has 0 N–H and O–H groups in total. The zero-order valence-electron chi connectivity index (χ0n) is 14.1. The van der Waals surface area contributed by atoms with E-state index < -0.39 is 23.7 Å². The van der Waals surface area contributed by atoms with Gasteiger partial charge in [-0.2, -0.15) is 0 Å². The summed E-state index contributed by atoms with van der Waals surface area (Å²) in [6, 6.07) is 0. The fourth-order valence-corrected chi connectivity index (χ4v) is 7.11. The summed E-state index contributed by atoms with van der Waals surface area (Å²) in [5.74, 6) is 3.62. The van der Waals surface area contributed by atoms with Gasteiger partial charge in [0.05, 0.1) is 0 Å². The van der Waals surface area contributed by atoms with Crippen molar-refractivity contribution in [1.29, 1.82) is 0 Å². The van der Waals surface area contributed by atoms with E-state index in [1.165, 1.54) is 25.7 Å². The average Bonchev–Trinajstić information content (AvgIpc) is 2.36. The normalized spacial score (nSPS) is 19.9. The second kappa shape index (κ2) is 8.46. The molecule has 0 amide bonds. The van der Waals surface area contributed by atoms with Gasteiger partial charge in [0.25, 0.3) is 0 Å². The van der Waals surface area contributed by atoms with Crippen molar-refractivity contribution in [2.75, 3.05) is 0 Å². The number of rotatable bonds is 5. The van der Waals surface area contributed by atoms with Crippen LogP contribution in [0.1, 0.15) is 58.8 Å². The molecule has 0 aromatic heterocycles. The fraction of sp³-hybridized carbons (Fsp3) is 0.765. The van der Waals surface area contributed by atoms with Crippen molar-refractivity contribution in [3.8, 4) is 10.7 Å². The van der Waals surface area contributed by atoms with Crippen molar-refractivity contribution in [2.45, 2.75) is 84.0 Å². The Bertz CT molecular complexity index is 378. The summed E-state index contributed by atoms with van der Waals surface area (Å²) in [5, 5.41) is 0. The third-order valence-electron chi connectivity index (χ3n) is 3.74. The molecule has 0 atom stereocenters. The van der Waals surface area contributed by atoms with Gasteiger partial charge in [-0.05, 0) is 0 Å². The monoisotopic (exact) mass is 354 g/mol. The Labute approximate surface area is 133 Å². The maximum absolute atomic E-state index is 6.52. The van der Waals surface area contributed by atoms with E-state index in [9.17, 15) is 0 Å². The second-order valence-electron chi connectivity index (χ2n) is 6.87. The molecule has 1 fully saturated rings. The number of hydrogen-bond acceptors (Lipinski definition) is 1. The van der Waals surface area contributed by atoms with Gasteiger partial charge in [-0.1, -0.05) is 0 Å². The molecule has 0 radical (unpaired) electrons. The average molecular weight is 353 g/mol. The van der Waals surface area contributed by atoms with Crippen LogP contribution in [0.25, 0.3) is 0 Å². The molecule has 0 bridgehead atoms. The standard InChI is InChI=1S/C17H32GeOSi/c1-6-11-16(7-2)18-15-14-17(19-20(3,4)5)12-9-8-10-13-17/h11H,6-10,12-13,18H2,1-5H3. The van der Waals surface area contributed by atoms with E-state index in [1.54, 1.807) is 4.41 Å². The number of allylic oxidation sites excluding steroid dienone is 2. The molecule has 1 rings (SSSR count). The molecule has 1 saturated carbocycles. The SMILES string of the molecule is CCC=[C](CC)[GeH2][C]#CC1(O[Si](C)(C)C)CCCCC1. The minimum atomic E-state index is -1.51. The third-order valence-corrected chi connectivity index (χ3v) is 8.09. The Kier molecular flexibility index (Phi) is 7.64. The van der Waals surface area contributed by atoms with Gasteiger partial charge in [0.2, 0.25) is 0 Å². The van der Waals surface area contributed by atoms with Gasteiger partial charge in [-0.15, -0.1) is 0 Å². The Balaban J connectivity index is 2.78. The Morgan fingerprint density at radius 2 is 1.85 bits per heavy atom. The molecule has 114 valence electrons. The summed E-state index contributed by atoms with van der Waals surface area (Å²) < 4.78 is 11.8. The molecule has 0 aliphatic heterocycles. The molecule has 0 saturated heterocycles. The summed E-state index contributed by atoms with van der Waals surface area (Å²) in [4.78, 5) is 0. The van der Waals surface area contributed by atoms with Crippen LogP contribution in [0.2, 0.25) is 19.6 Å². The first-order chi connectivity index (χ1) is 9.41. The predicted molar refractivity (Wildman–Crippen MR) is 95.2 cm³/mol. The van der Waals surface area contributed by atoms with Gasteiger partial charge in [0.15, 0.2) is 0 Å². The van der Waals surface area contributed by atoms with E-state index in [0.29, 0.717) is 0 Å². The number of hydrogen-bond donors (Lipinski definition) is 0. The predicted octanol–water partition coefficient (Wildman–Crippen LogP) is 4.37. The van der Waals surface area contributed by atoms with Gasteiger partial charge in [0, 0.05) is 0 Å². The topological polar surface area (TPSA) is 9.23 Å². The molecule has 1 nitrogen and oxygen atoms in total. The molecular weight excluding hydrogens is 321 g/mol. The molecule has 0 aromatic carbocycles. The van der Waals surface area contributed by atoms with Crippen molar-refractivity contribution in [1.82, 2.24) is 0 Å². The summed E-state index contributed by atoms with van der Waals surface area (Å²) >= 11 is -0.842. The van der Waals surface area contributed by atoms with Crippen molar-refractivity contribution < 1.29 is 4.43 Å². The first-order valence-electron chi connectivity index (χ1n) is 8.29. The van der Waals surface area contributed by atoms with Gasteiger partial charge in [-0.25, -0.2) is 0 Å². The quantitative estimate of drug-likeness (QED) is 0.527. The van der Waals surface area contributed by atoms with Crippen LogP contribution in [0.5, 0.6) is 0 Å². The molecule has 0 aromatic rings. The van der Waals surface area contributed by atoms with Crippen LogP contribution in [0.3, 0.4) is 0 Å². The maximum atomic E-state index is 6.52.